The molecule has 0 radical (unpaired) electrons. The maximum atomic E-state index is 12.3. The van der Waals surface area contributed by atoms with Crippen molar-refractivity contribution >= 4 is 5.97 Å². The Morgan fingerprint density at radius 2 is 2.04 bits per heavy atom. The Kier molecular flexibility index (Phi) is 5.30. The summed E-state index contributed by atoms with van der Waals surface area (Å²) in [6.45, 7) is 5.68. The summed E-state index contributed by atoms with van der Waals surface area (Å²) in [5.41, 5.74) is 0.710. The molecule has 6 heteroatoms. The molecule has 2 aromatic rings. The molecule has 23 heavy (non-hydrogen) atoms. The average molecular weight is 314 g/mol. The highest BCUT2D eigenvalue weighted by Crippen LogP contribution is 2.20. The summed E-state index contributed by atoms with van der Waals surface area (Å²) in [6.07, 6.45) is 1.54. The van der Waals surface area contributed by atoms with Crippen LogP contribution in [-0.2, 0) is 11.3 Å². The zero-order chi connectivity index (χ0) is 16.8. The molecule has 0 saturated carbocycles. The van der Waals surface area contributed by atoms with E-state index in [0.717, 1.165) is 5.56 Å². The fourth-order valence-electron chi connectivity index (χ4n) is 2.05. The highest BCUT2D eigenvalue weighted by Gasteiger charge is 2.17. The van der Waals surface area contributed by atoms with Crippen molar-refractivity contribution in [2.75, 3.05) is 13.7 Å². The first-order valence-electron chi connectivity index (χ1n) is 7.15. The van der Waals surface area contributed by atoms with Gasteiger partial charge < -0.3 is 9.47 Å². The third-order valence-electron chi connectivity index (χ3n) is 3.16. The topological polar surface area (TPSA) is 70.4 Å². The van der Waals surface area contributed by atoms with Gasteiger partial charge in [-0.15, -0.1) is 6.58 Å². The third-order valence-corrected chi connectivity index (χ3v) is 3.16. The van der Waals surface area contributed by atoms with Crippen molar-refractivity contribution in [1.82, 2.24) is 9.78 Å². The second-order valence-electron chi connectivity index (χ2n) is 4.67. The normalized spacial score (nSPS) is 10.2. The van der Waals surface area contributed by atoms with Gasteiger partial charge in [-0.05, 0) is 37.3 Å². The van der Waals surface area contributed by atoms with Crippen LogP contribution in [0.15, 0.2) is 47.8 Å². The molecule has 1 aromatic carbocycles. The second kappa shape index (κ2) is 7.40. The van der Waals surface area contributed by atoms with Gasteiger partial charge in [0.15, 0.2) is 0 Å². The van der Waals surface area contributed by atoms with Crippen molar-refractivity contribution in [2.24, 2.45) is 0 Å². The Labute approximate surface area is 134 Å². The van der Waals surface area contributed by atoms with Crippen LogP contribution in [0.2, 0.25) is 0 Å². The molecule has 0 bridgehead atoms. The molecular weight excluding hydrogens is 296 g/mol. The zero-order valence-corrected chi connectivity index (χ0v) is 13.1. The van der Waals surface area contributed by atoms with Crippen LogP contribution in [0.4, 0.5) is 0 Å². The van der Waals surface area contributed by atoms with E-state index in [9.17, 15) is 9.59 Å². The fraction of sp³-hybridized carbons (Fsp3) is 0.235. The van der Waals surface area contributed by atoms with Crippen molar-refractivity contribution in [3.8, 4) is 17.0 Å². The standard InChI is InChI=1S/C17H18N2O4/c1-4-10-19-16(20)14(17(21)23-5-2)11-15(18-19)12-6-8-13(22-3)9-7-12/h4,6-9,11H,1,5,10H2,2-3H3. The minimum Gasteiger partial charge on any atom is -0.497 e. The van der Waals surface area contributed by atoms with Crippen LogP contribution in [0.3, 0.4) is 0 Å². The molecule has 0 fully saturated rings. The van der Waals surface area contributed by atoms with Gasteiger partial charge in [0.05, 0.1) is 26.0 Å². The van der Waals surface area contributed by atoms with E-state index >= 15 is 0 Å². The molecule has 0 atom stereocenters. The Morgan fingerprint density at radius 1 is 1.35 bits per heavy atom. The first-order chi connectivity index (χ1) is 11.1. The lowest BCUT2D eigenvalue weighted by atomic mass is 10.1. The number of allylic oxidation sites excluding steroid dienone is 1. The van der Waals surface area contributed by atoms with Gasteiger partial charge >= 0.3 is 5.97 Å². The van der Waals surface area contributed by atoms with Crippen LogP contribution in [-0.4, -0.2) is 29.5 Å². The lowest BCUT2D eigenvalue weighted by Crippen LogP contribution is -2.29. The van der Waals surface area contributed by atoms with Crippen molar-refractivity contribution in [2.45, 2.75) is 13.5 Å². The highest BCUT2D eigenvalue weighted by atomic mass is 16.5. The number of nitrogens with zero attached hydrogens (tertiary/aromatic N) is 2. The summed E-state index contributed by atoms with van der Waals surface area (Å²) in [5, 5.41) is 4.28. The lowest BCUT2D eigenvalue weighted by molar-refractivity contribution is 0.0523. The molecule has 1 heterocycles. The van der Waals surface area contributed by atoms with E-state index in [2.05, 4.69) is 11.7 Å². The molecule has 0 amide bonds. The number of aromatic nitrogens is 2. The minimum atomic E-state index is -0.660. The number of benzene rings is 1. The van der Waals surface area contributed by atoms with Crippen LogP contribution in [0.25, 0.3) is 11.3 Å². The third kappa shape index (κ3) is 3.66. The predicted octanol–water partition coefficient (Wildman–Crippen LogP) is 2.28. The van der Waals surface area contributed by atoms with Gasteiger partial charge in [0.25, 0.3) is 5.56 Å². The predicted molar refractivity (Wildman–Crippen MR) is 86.6 cm³/mol. The van der Waals surface area contributed by atoms with E-state index in [1.54, 1.807) is 44.4 Å². The smallest absolute Gasteiger partial charge is 0.343 e. The van der Waals surface area contributed by atoms with Crippen LogP contribution in [0.5, 0.6) is 5.75 Å². The Bertz CT molecular complexity index is 763. The largest absolute Gasteiger partial charge is 0.497 e. The molecular formula is C17H18N2O4. The van der Waals surface area contributed by atoms with E-state index < -0.39 is 11.5 Å². The van der Waals surface area contributed by atoms with E-state index in [1.807, 2.05) is 0 Å². The molecule has 0 aliphatic rings. The SMILES string of the molecule is C=CCn1nc(-c2ccc(OC)cc2)cc(C(=O)OCC)c1=O. The molecule has 0 spiro atoms. The van der Waals surface area contributed by atoms with Gasteiger partial charge in [0.2, 0.25) is 0 Å². The molecule has 0 aliphatic carbocycles. The summed E-state index contributed by atoms with van der Waals surface area (Å²) >= 11 is 0. The molecule has 120 valence electrons. The van der Waals surface area contributed by atoms with Gasteiger partial charge in [0.1, 0.15) is 11.3 Å². The van der Waals surface area contributed by atoms with Crippen LogP contribution in [0, 0.1) is 0 Å². The van der Waals surface area contributed by atoms with Crippen LogP contribution < -0.4 is 10.3 Å². The van der Waals surface area contributed by atoms with Crippen molar-refractivity contribution in [3.05, 3.63) is 58.9 Å². The van der Waals surface area contributed by atoms with E-state index in [-0.39, 0.29) is 18.7 Å². The summed E-state index contributed by atoms with van der Waals surface area (Å²) < 4.78 is 11.3. The molecule has 6 nitrogen and oxygen atoms in total. The molecule has 0 unspecified atom stereocenters. The monoisotopic (exact) mass is 314 g/mol. The Morgan fingerprint density at radius 3 is 2.61 bits per heavy atom. The number of carbonyl (C=O) groups excluding carboxylic acids is 1. The van der Waals surface area contributed by atoms with Gasteiger partial charge in [-0.1, -0.05) is 6.08 Å². The first-order valence-corrected chi connectivity index (χ1v) is 7.15. The number of carbonyl (C=O) groups is 1. The number of hydrogen-bond acceptors (Lipinski definition) is 5. The van der Waals surface area contributed by atoms with Gasteiger partial charge in [-0.3, -0.25) is 4.79 Å². The fourth-order valence-corrected chi connectivity index (χ4v) is 2.05. The summed E-state index contributed by atoms with van der Waals surface area (Å²) in [4.78, 5) is 24.3. The summed E-state index contributed by atoms with van der Waals surface area (Å²) in [7, 11) is 1.58. The number of methoxy groups -OCH3 is 1. The molecule has 2 rings (SSSR count). The number of rotatable bonds is 6. The van der Waals surface area contributed by atoms with E-state index in [4.69, 9.17) is 9.47 Å². The van der Waals surface area contributed by atoms with Crippen LogP contribution in [0.1, 0.15) is 17.3 Å². The van der Waals surface area contributed by atoms with E-state index in [0.29, 0.717) is 11.4 Å². The second-order valence-corrected chi connectivity index (χ2v) is 4.67. The average Bonchev–Trinajstić information content (AvgIpc) is 2.57. The van der Waals surface area contributed by atoms with Gasteiger partial charge in [-0.2, -0.15) is 5.10 Å². The minimum absolute atomic E-state index is 0.0467. The Hall–Kier alpha value is -2.89. The van der Waals surface area contributed by atoms with E-state index in [1.165, 1.54) is 10.7 Å². The van der Waals surface area contributed by atoms with Crippen molar-refractivity contribution in [1.29, 1.82) is 0 Å². The Balaban J connectivity index is 2.55. The maximum absolute atomic E-state index is 12.3. The molecule has 1 aromatic heterocycles. The maximum Gasteiger partial charge on any atom is 0.343 e. The van der Waals surface area contributed by atoms with Crippen molar-refractivity contribution in [3.63, 3.8) is 0 Å². The van der Waals surface area contributed by atoms with Gasteiger partial charge in [-0.25, -0.2) is 9.48 Å². The lowest BCUT2D eigenvalue weighted by Gasteiger charge is -2.09. The first kappa shape index (κ1) is 16.5. The number of ether oxygens (including phenoxy) is 2. The molecule has 0 N–H and O–H groups in total. The number of hydrogen-bond donors (Lipinski definition) is 0. The summed E-state index contributed by atoms with van der Waals surface area (Å²) in [6, 6.07) is 8.62. The van der Waals surface area contributed by atoms with Crippen molar-refractivity contribution < 1.29 is 14.3 Å². The highest BCUT2D eigenvalue weighted by molar-refractivity contribution is 5.90. The van der Waals surface area contributed by atoms with Gasteiger partial charge in [0, 0.05) is 5.56 Å². The number of esters is 1. The zero-order valence-electron chi connectivity index (χ0n) is 13.1. The molecule has 0 saturated heterocycles. The molecule has 0 aliphatic heterocycles. The summed E-state index contributed by atoms with van der Waals surface area (Å²) in [5.74, 6) is 0.0475. The van der Waals surface area contributed by atoms with Crippen LogP contribution >= 0.6 is 0 Å². The quantitative estimate of drug-likeness (QED) is 0.604.